The van der Waals surface area contributed by atoms with Crippen LogP contribution in [0.4, 0.5) is 5.69 Å². The van der Waals surface area contributed by atoms with Crippen molar-refractivity contribution in [2.75, 3.05) is 5.73 Å². The smallest absolute Gasteiger partial charge is 0.257 e. The molecule has 1 aromatic carbocycles. The highest BCUT2D eigenvalue weighted by Gasteiger charge is 2.09. The number of aromatic amines is 1. The Morgan fingerprint density at radius 2 is 2.00 bits per heavy atom. The van der Waals surface area contributed by atoms with Crippen LogP contribution in [0.2, 0.25) is 0 Å². The molecular formula is C13H11N5O. The van der Waals surface area contributed by atoms with Crippen molar-refractivity contribution >= 4 is 5.69 Å². The summed E-state index contributed by atoms with van der Waals surface area (Å²) in [5.74, 6) is 0.530. The quantitative estimate of drug-likeness (QED) is 0.718. The van der Waals surface area contributed by atoms with Gasteiger partial charge in [-0.05, 0) is 12.1 Å². The van der Waals surface area contributed by atoms with Crippen LogP contribution in [0.25, 0.3) is 17.1 Å². The minimum Gasteiger partial charge on any atom is -0.398 e. The summed E-state index contributed by atoms with van der Waals surface area (Å²) in [6.07, 6.45) is 3.06. The van der Waals surface area contributed by atoms with Gasteiger partial charge in [0.25, 0.3) is 5.56 Å². The van der Waals surface area contributed by atoms with E-state index in [0.717, 1.165) is 5.69 Å². The molecular weight excluding hydrogens is 242 g/mol. The lowest BCUT2D eigenvalue weighted by Crippen LogP contribution is -2.18. The van der Waals surface area contributed by atoms with Gasteiger partial charge < -0.3 is 5.73 Å². The average molecular weight is 253 g/mol. The molecule has 0 spiro atoms. The predicted molar refractivity (Wildman–Crippen MR) is 71.8 cm³/mol. The maximum Gasteiger partial charge on any atom is 0.257 e. The Morgan fingerprint density at radius 3 is 2.68 bits per heavy atom. The number of nitrogens with one attached hydrogen (secondary N) is 1. The predicted octanol–water partition coefficient (Wildman–Crippen LogP) is 1.20. The molecule has 0 aliphatic carbocycles. The first-order chi connectivity index (χ1) is 9.25. The molecule has 0 aliphatic rings. The van der Waals surface area contributed by atoms with Gasteiger partial charge >= 0.3 is 0 Å². The van der Waals surface area contributed by atoms with Crippen LogP contribution < -0.4 is 11.3 Å². The van der Waals surface area contributed by atoms with E-state index in [9.17, 15) is 4.79 Å². The summed E-state index contributed by atoms with van der Waals surface area (Å²) in [4.78, 5) is 16.0. The highest BCUT2D eigenvalue weighted by Crippen LogP contribution is 2.20. The van der Waals surface area contributed by atoms with Gasteiger partial charge in [-0.3, -0.25) is 14.5 Å². The number of anilines is 1. The summed E-state index contributed by atoms with van der Waals surface area (Å²) >= 11 is 0. The summed E-state index contributed by atoms with van der Waals surface area (Å²) in [5.41, 5.74) is 7.45. The lowest BCUT2D eigenvalue weighted by molar-refractivity contribution is 0.988. The van der Waals surface area contributed by atoms with Crippen LogP contribution in [-0.4, -0.2) is 19.7 Å². The SMILES string of the molecule is Nc1cc(=O)n(-c2ccccc2)cc1-c1ncn[nH]1. The zero-order valence-corrected chi connectivity index (χ0v) is 9.95. The number of para-hydroxylation sites is 1. The number of nitrogens with zero attached hydrogens (tertiary/aromatic N) is 3. The molecule has 0 atom stereocenters. The molecule has 0 aliphatic heterocycles. The van der Waals surface area contributed by atoms with Crippen molar-refractivity contribution < 1.29 is 0 Å². The van der Waals surface area contributed by atoms with Crippen LogP contribution in [0.5, 0.6) is 0 Å². The van der Waals surface area contributed by atoms with Gasteiger partial charge in [0.2, 0.25) is 0 Å². The molecule has 3 N–H and O–H groups in total. The largest absolute Gasteiger partial charge is 0.398 e. The van der Waals surface area contributed by atoms with Gasteiger partial charge in [0, 0.05) is 23.6 Å². The molecule has 6 heteroatoms. The lowest BCUT2D eigenvalue weighted by atomic mass is 10.2. The van der Waals surface area contributed by atoms with E-state index in [4.69, 9.17) is 5.73 Å². The van der Waals surface area contributed by atoms with Crippen molar-refractivity contribution in [1.82, 2.24) is 19.7 Å². The van der Waals surface area contributed by atoms with Crippen LogP contribution in [0.15, 0.2) is 53.7 Å². The highest BCUT2D eigenvalue weighted by molar-refractivity contribution is 5.70. The molecule has 0 unspecified atom stereocenters. The number of pyridine rings is 1. The molecule has 19 heavy (non-hydrogen) atoms. The first kappa shape index (κ1) is 11.2. The van der Waals surface area contributed by atoms with E-state index in [-0.39, 0.29) is 5.56 Å². The third kappa shape index (κ3) is 1.99. The van der Waals surface area contributed by atoms with Crippen molar-refractivity contribution in [1.29, 1.82) is 0 Å². The van der Waals surface area contributed by atoms with E-state index in [1.165, 1.54) is 17.0 Å². The minimum atomic E-state index is -0.188. The van der Waals surface area contributed by atoms with Gasteiger partial charge in [-0.25, -0.2) is 4.98 Å². The molecule has 94 valence electrons. The molecule has 0 radical (unpaired) electrons. The van der Waals surface area contributed by atoms with Gasteiger partial charge in [-0.2, -0.15) is 5.10 Å². The molecule has 3 aromatic rings. The highest BCUT2D eigenvalue weighted by atomic mass is 16.1. The third-order valence-electron chi connectivity index (χ3n) is 2.79. The van der Waals surface area contributed by atoms with E-state index in [2.05, 4.69) is 15.2 Å². The van der Waals surface area contributed by atoms with Crippen LogP contribution in [0, 0.1) is 0 Å². The van der Waals surface area contributed by atoms with E-state index in [1.807, 2.05) is 30.3 Å². The van der Waals surface area contributed by atoms with Gasteiger partial charge in [-0.1, -0.05) is 18.2 Å². The summed E-state index contributed by atoms with van der Waals surface area (Å²) in [7, 11) is 0. The summed E-state index contributed by atoms with van der Waals surface area (Å²) < 4.78 is 1.52. The Hall–Kier alpha value is -2.89. The maximum atomic E-state index is 12.0. The van der Waals surface area contributed by atoms with Crippen molar-refractivity contribution in [2.45, 2.75) is 0 Å². The molecule has 0 bridgehead atoms. The summed E-state index contributed by atoms with van der Waals surface area (Å²) in [6.45, 7) is 0. The van der Waals surface area contributed by atoms with Gasteiger partial charge in [0.15, 0.2) is 5.82 Å². The topological polar surface area (TPSA) is 89.6 Å². The Kier molecular flexibility index (Phi) is 2.60. The van der Waals surface area contributed by atoms with E-state index in [0.29, 0.717) is 17.1 Å². The second-order valence-electron chi connectivity index (χ2n) is 4.02. The second kappa shape index (κ2) is 4.41. The van der Waals surface area contributed by atoms with Gasteiger partial charge in [0.05, 0.1) is 5.56 Å². The number of rotatable bonds is 2. The number of aromatic nitrogens is 4. The third-order valence-corrected chi connectivity index (χ3v) is 2.79. The Labute approximate surface area is 108 Å². The number of nitrogens with two attached hydrogens (primary N) is 1. The van der Waals surface area contributed by atoms with Crippen molar-refractivity contribution in [2.24, 2.45) is 0 Å². The fourth-order valence-electron chi connectivity index (χ4n) is 1.87. The Bertz CT molecular complexity index is 746. The monoisotopic (exact) mass is 253 g/mol. The minimum absolute atomic E-state index is 0.188. The first-order valence-corrected chi connectivity index (χ1v) is 5.69. The Morgan fingerprint density at radius 1 is 1.21 bits per heavy atom. The van der Waals surface area contributed by atoms with Crippen molar-refractivity contribution in [3.8, 4) is 17.1 Å². The van der Waals surface area contributed by atoms with Crippen molar-refractivity contribution in [3.63, 3.8) is 0 Å². The average Bonchev–Trinajstić information content (AvgIpc) is 2.94. The second-order valence-corrected chi connectivity index (χ2v) is 4.02. The van der Waals surface area contributed by atoms with E-state index in [1.54, 1.807) is 6.20 Å². The number of hydrogen-bond donors (Lipinski definition) is 2. The van der Waals surface area contributed by atoms with Crippen LogP contribution in [0.3, 0.4) is 0 Å². The van der Waals surface area contributed by atoms with E-state index < -0.39 is 0 Å². The fraction of sp³-hybridized carbons (Fsp3) is 0. The normalized spacial score (nSPS) is 10.5. The van der Waals surface area contributed by atoms with Gasteiger partial charge in [-0.15, -0.1) is 0 Å². The molecule has 0 fully saturated rings. The molecule has 0 saturated heterocycles. The summed E-state index contributed by atoms with van der Waals surface area (Å²) in [6, 6.07) is 10.7. The van der Waals surface area contributed by atoms with Crippen LogP contribution in [0.1, 0.15) is 0 Å². The molecule has 0 amide bonds. The molecule has 2 aromatic heterocycles. The van der Waals surface area contributed by atoms with Crippen molar-refractivity contribution in [3.05, 3.63) is 59.3 Å². The van der Waals surface area contributed by atoms with Gasteiger partial charge in [0.1, 0.15) is 6.33 Å². The lowest BCUT2D eigenvalue weighted by Gasteiger charge is -2.09. The fourth-order valence-corrected chi connectivity index (χ4v) is 1.87. The van der Waals surface area contributed by atoms with Crippen LogP contribution in [-0.2, 0) is 0 Å². The first-order valence-electron chi connectivity index (χ1n) is 5.69. The molecule has 3 rings (SSSR count). The number of nitrogen functional groups attached to an aromatic ring is 1. The molecule has 6 nitrogen and oxygen atoms in total. The van der Waals surface area contributed by atoms with Crippen LogP contribution >= 0.6 is 0 Å². The summed E-state index contributed by atoms with van der Waals surface area (Å²) in [5, 5.41) is 6.52. The zero-order chi connectivity index (χ0) is 13.2. The van der Waals surface area contributed by atoms with E-state index >= 15 is 0 Å². The number of hydrogen-bond acceptors (Lipinski definition) is 4. The molecule has 2 heterocycles. The zero-order valence-electron chi connectivity index (χ0n) is 9.95. The standard InChI is InChI=1S/C13H11N5O/c14-11-6-12(19)18(9-4-2-1-3-5-9)7-10(11)13-15-8-16-17-13/h1-8H,14H2,(H,15,16,17). The number of H-pyrrole nitrogens is 1. The Balaban J connectivity index is 2.22. The number of benzene rings is 1. The molecule has 0 saturated carbocycles. The maximum absolute atomic E-state index is 12.0.